The van der Waals surface area contributed by atoms with Crippen LogP contribution >= 0.6 is 0 Å². The van der Waals surface area contributed by atoms with Gasteiger partial charge in [-0.1, -0.05) is 6.07 Å². The molecular weight excluding hydrogens is 276 g/mol. The van der Waals surface area contributed by atoms with E-state index >= 15 is 0 Å². The number of rotatable bonds is 6. The summed E-state index contributed by atoms with van der Waals surface area (Å²) in [6, 6.07) is 5.38. The van der Waals surface area contributed by atoms with Crippen molar-refractivity contribution in [3.8, 4) is 0 Å². The van der Waals surface area contributed by atoms with E-state index in [2.05, 4.69) is 5.32 Å². The lowest BCUT2D eigenvalue weighted by molar-refractivity contribution is -0.143. The van der Waals surface area contributed by atoms with E-state index in [1.54, 1.807) is 19.9 Å². The molecule has 2 N–H and O–H groups in total. The van der Waals surface area contributed by atoms with Gasteiger partial charge in [0.25, 0.3) is 0 Å². The number of carboxylic acids is 1. The van der Waals surface area contributed by atoms with Crippen LogP contribution in [0.1, 0.15) is 24.2 Å². The molecule has 0 bridgehead atoms. The number of carbonyl (C=O) groups is 3. The Kier molecular flexibility index (Phi) is 6.19. The van der Waals surface area contributed by atoms with E-state index < -0.39 is 18.0 Å². The van der Waals surface area contributed by atoms with Crippen LogP contribution in [-0.2, 0) is 9.53 Å². The first-order valence-electron chi connectivity index (χ1n) is 6.52. The fourth-order valence-electron chi connectivity index (χ4n) is 1.62. The van der Waals surface area contributed by atoms with Crippen molar-refractivity contribution < 1.29 is 24.2 Å². The molecule has 0 saturated heterocycles. The number of nitrogens with one attached hydrogen (secondary N) is 1. The normalized spacial score (nSPS) is 9.81. The van der Waals surface area contributed by atoms with Crippen LogP contribution < -0.4 is 5.32 Å². The lowest BCUT2D eigenvalue weighted by atomic mass is 10.2. The number of urea groups is 1. The van der Waals surface area contributed by atoms with Crippen molar-refractivity contribution in [3.63, 3.8) is 0 Å². The molecule has 0 aromatic heterocycles. The molecule has 0 fully saturated rings. The van der Waals surface area contributed by atoms with Crippen LogP contribution in [0.15, 0.2) is 24.3 Å². The Balaban J connectivity index is 2.71. The van der Waals surface area contributed by atoms with Gasteiger partial charge in [-0.2, -0.15) is 0 Å². The summed E-state index contributed by atoms with van der Waals surface area (Å²) in [5.41, 5.74) is 0.420. The van der Waals surface area contributed by atoms with Gasteiger partial charge in [0.05, 0.1) is 12.2 Å². The van der Waals surface area contributed by atoms with Gasteiger partial charge < -0.3 is 20.1 Å². The average molecular weight is 294 g/mol. The van der Waals surface area contributed by atoms with E-state index in [0.29, 0.717) is 12.2 Å². The molecule has 1 rings (SSSR count). The van der Waals surface area contributed by atoms with Gasteiger partial charge >= 0.3 is 18.0 Å². The Morgan fingerprint density at radius 3 is 2.57 bits per heavy atom. The molecule has 7 heteroatoms. The molecular formula is C14H18N2O5. The highest BCUT2D eigenvalue weighted by molar-refractivity contribution is 5.94. The average Bonchev–Trinajstić information content (AvgIpc) is 2.45. The lowest BCUT2D eigenvalue weighted by Gasteiger charge is -2.20. The number of anilines is 1. The number of aromatic carboxylic acids is 1. The van der Waals surface area contributed by atoms with Crippen molar-refractivity contribution in [2.24, 2.45) is 0 Å². The van der Waals surface area contributed by atoms with Crippen molar-refractivity contribution in [1.82, 2.24) is 4.90 Å². The fourth-order valence-corrected chi connectivity index (χ4v) is 1.62. The van der Waals surface area contributed by atoms with Gasteiger partial charge in [-0.15, -0.1) is 0 Å². The second-order valence-corrected chi connectivity index (χ2v) is 4.14. The Bertz CT molecular complexity index is 530. The third-order valence-electron chi connectivity index (χ3n) is 2.66. The third kappa shape index (κ3) is 5.13. The summed E-state index contributed by atoms with van der Waals surface area (Å²) < 4.78 is 4.79. The van der Waals surface area contributed by atoms with Crippen LogP contribution in [0, 0.1) is 0 Å². The summed E-state index contributed by atoms with van der Waals surface area (Å²) in [5, 5.41) is 11.4. The summed E-state index contributed by atoms with van der Waals surface area (Å²) in [5.74, 6) is -1.57. The molecule has 1 aromatic carbocycles. The monoisotopic (exact) mass is 294 g/mol. The number of nitrogens with zero attached hydrogens (tertiary/aromatic N) is 1. The number of benzene rings is 1. The number of esters is 1. The maximum absolute atomic E-state index is 12.0. The van der Waals surface area contributed by atoms with Gasteiger partial charge in [0.15, 0.2) is 0 Å². The molecule has 0 atom stereocenters. The van der Waals surface area contributed by atoms with Gasteiger partial charge in [-0.3, -0.25) is 4.79 Å². The molecule has 0 aliphatic heterocycles. The molecule has 114 valence electrons. The predicted octanol–water partition coefficient (Wildman–Crippen LogP) is 1.80. The van der Waals surface area contributed by atoms with Crippen molar-refractivity contribution in [2.75, 3.05) is 25.0 Å². The van der Waals surface area contributed by atoms with E-state index in [1.807, 2.05) is 0 Å². The minimum atomic E-state index is -1.08. The van der Waals surface area contributed by atoms with E-state index in [1.165, 1.54) is 23.1 Å². The number of hydrogen-bond acceptors (Lipinski definition) is 4. The zero-order valence-electron chi connectivity index (χ0n) is 12.0. The van der Waals surface area contributed by atoms with E-state index in [4.69, 9.17) is 9.84 Å². The van der Waals surface area contributed by atoms with Crippen LogP contribution in [0.5, 0.6) is 0 Å². The maximum Gasteiger partial charge on any atom is 0.335 e. The van der Waals surface area contributed by atoms with E-state index in [9.17, 15) is 14.4 Å². The molecule has 0 aliphatic carbocycles. The first-order chi connectivity index (χ1) is 9.97. The number of ether oxygens (including phenoxy) is 1. The molecule has 0 heterocycles. The molecule has 1 aromatic rings. The molecule has 0 spiro atoms. The number of likely N-dealkylation sites (N-methyl/N-ethyl adjacent to an activating group) is 1. The molecule has 0 saturated carbocycles. The summed E-state index contributed by atoms with van der Waals surface area (Å²) in [4.78, 5) is 35.5. The van der Waals surface area contributed by atoms with Gasteiger partial charge in [0.1, 0.15) is 6.54 Å². The minimum Gasteiger partial charge on any atom is -0.478 e. The van der Waals surface area contributed by atoms with Crippen LogP contribution in [0.25, 0.3) is 0 Å². The van der Waals surface area contributed by atoms with Gasteiger partial charge in [-0.05, 0) is 32.0 Å². The van der Waals surface area contributed by atoms with Gasteiger partial charge in [0.2, 0.25) is 0 Å². The highest BCUT2D eigenvalue weighted by atomic mass is 16.5. The van der Waals surface area contributed by atoms with Crippen LogP contribution in [0.3, 0.4) is 0 Å². The maximum atomic E-state index is 12.0. The summed E-state index contributed by atoms with van der Waals surface area (Å²) in [7, 11) is 0. The molecule has 7 nitrogen and oxygen atoms in total. The largest absolute Gasteiger partial charge is 0.478 e. The first-order valence-corrected chi connectivity index (χ1v) is 6.52. The Labute approximate surface area is 122 Å². The Hall–Kier alpha value is -2.57. The molecule has 0 unspecified atom stereocenters. The first kappa shape index (κ1) is 16.5. The predicted molar refractivity (Wildman–Crippen MR) is 76.3 cm³/mol. The SMILES string of the molecule is CCOC(=O)CN(CC)C(=O)Nc1cccc(C(=O)O)c1. The highest BCUT2D eigenvalue weighted by Crippen LogP contribution is 2.11. The smallest absolute Gasteiger partial charge is 0.335 e. The Morgan fingerprint density at radius 1 is 1.29 bits per heavy atom. The fraction of sp³-hybridized carbons (Fsp3) is 0.357. The van der Waals surface area contributed by atoms with Crippen LogP contribution in [0.2, 0.25) is 0 Å². The number of amides is 2. The number of carbonyl (C=O) groups excluding carboxylic acids is 2. The number of carboxylic acid groups (broad SMARTS) is 1. The molecule has 0 radical (unpaired) electrons. The lowest BCUT2D eigenvalue weighted by Crippen LogP contribution is -2.39. The van der Waals surface area contributed by atoms with E-state index in [-0.39, 0.29) is 18.7 Å². The topological polar surface area (TPSA) is 95.9 Å². The second kappa shape index (κ2) is 7.88. The van der Waals surface area contributed by atoms with Crippen molar-refractivity contribution in [1.29, 1.82) is 0 Å². The summed E-state index contributed by atoms with van der Waals surface area (Å²) >= 11 is 0. The minimum absolute atomic E-state index is 0.0706. The van der Waals surface area contributed by atoms with Gasteiger partial charge in [-0.25, -0.2) is 9.59 Å². The van der Waals surface area contributed by atoms with Crippen molar-refractivity contribution >= 4 is 23.7 Å². The van der Waals surface area contributed by atoms with Gasteiger partial charge in [0, 0.05) is 12.2 Å². The van der Waals surface area contributed by atoms with E-state index in [0.717, 1.165) is 0 Å². The summed E-state index contributed by atoms with van der Waals surface area (Å²) in [6.07, 6.45) is 0. The standard InChI is InChI=1S/C14H18N2O5/c1-3-16(9-12(17)21-4-2)14(20)15-11-7-5-6-10(8-11)13(18)19/h5-8H,3-4,9H2,1-2H3,(H,15,20)(H,18,19). The second-order valence-electron chi connectivity index (χ2n) is 4.14. The van der Waals surface area contributed by atoms with Crippen molar-refractivity contribution in [3.05, 3.63) is 29.8 Å². The third-order valence-corrected chi connectivity index (χ3v) is 2.66. The van der Waals surface area contributed by atoms with Crippen molar-refractivity contribution in [2.45, 2.75) is 13.8 Å². The molecule has 2 amide bonds. The van der Waals surface area contributed by atoms with Crippen LogP contribution in [0.4, 0.5) is 10.5 Å². The number of hydrogen-bond donors (Lipinski definition) is 2. The zero-order valence-corrected chi connectivity index (χ0v) is 12.0. The molecule has 21 heavy (non-hydrogen) atoms. The Morgan fingerprint density at radius 2 is 2.00 bits per heavy atom. The van der Waals surface area contributed by atoms with Crippen LogP contribution in [-0.4, -0.2) is 47.7 Å². The molecule has 0 aliphatic rings. The summed E-state index contributed by atoms with van der Waals surface area (Å²) in [6.45, 7) is 3.83. The highest BCUT2D eigenvalue weighted by Gasteiger charge is 2.16. The zero-order chi connectivity index (χ0) is 15.8. The quantitative estimate of drug-likeness (QED) is 0.780.